The maximum Gasteiger partial charge on any atom is 0.243 e. The number of nitrogens with two attached hydrogens (primary N) is 1. The summed E-state index contributed by atoms with van der Waals surface area (Å²) in [6.07, 6.45) is 2.64. The quantitative estimate of drug-likeness (QED) is 0.842. The highest BCUT2D eigenvalue weighted by atomic mass is 32.2. The molecule has 3 atom stereocenters. The zero-order chi connectivity index (χ0) is 15.8. The molecule has 0 radical (unpaired) electrons. The lowest BCUT2D eigenvalue weighted by molar-refractivity contribution is 0.226. The molecule has 1 aromatic rings. The Balaban J connectivity index is 2.31. The Morgan fingerprint density at radius 3 is 2.57 bits per heavy atom. The zero-order valence-electron chi connectivity index (χ0n) is 12.1. The molecular weight excluding hydrogens is 298 g/mol. The molecule has 1 aliphatic carbocycles. The number of halogens is 2. The molecule has 21 heavy (non-hydrogen) atoms. The summed E-state index contributed by atoms with van der Waals surface area (Å²) in [5, 5.41) is 0. The Morgan fingerprint density at radius 1 is 1.24 bits per heavy atom. The number of anilines is 1. The van der Waals surface area contributed by atoms with Gasteiger partial charge in [0.15, 0.2) is 11.6 Å². The zero-order valence-corrected chi connectivity index (χ0v) is 12.9. The molecule has 0 heterocycles. The van der Waals surface area contributed by atoms with Crippen molar-refractivity contribution in [3.8, 4) is 0 Å². The van der Waals surface area contributed by atoms with Gasteiger partial charge in [0.1, 0.15) is 4.90 Å². The van der Waals surface area contributed by atoms with Gasteiger partial charge < -0.3 is 5.73 Å². The SMILES string of the molecule is CC1CCCC(NS(=O)(=O)c2cc(N)cc(F)c2F)C1C. The molecule has 0 bridgehead atoms. The van der Waals surface area contributed by atoms with Gasteiger partial charge in [-0.15, -0.1) is 0 Å². The normalized spacial score (nSPS) is 26.8. The van der Waals surface area contributed by atoms with Gasteiger partial charge >= 0.3 is 0 Å². The molecule has 0 spiro atoms. The highest BCUT2D eigenvalue weighted by Crippen LogP contribution is 2.31. The summed E-state index contributed by atoms with van der Waals surface area (Å²) in [4.78, 5) is -0.731. The molecule has 1 saturated carbocycles. The molecule has 0 amide bonds. The smallest absolute Gasteiger partial charge is 0.243 e. The maximum absolute atomic E-state index is 13.8. The van der Waals surface area contributed by atoms with E-state index >= 15 is 0 Å². The second kappa shape index (κ2) is 5.88. The van der Waals surface area contributed by atoms with E-state index in [0.717, 1.165) is 25.0 Å². The van der Waals surface area contributed by atoms with Crippen molar-refractivity contribution in [2.75, 3.05) is 5.73 Å². The van der Waals surface area contributed by atoms with E-state index in [9.17, 15) is 17.2 Å². The Labute approximate surface area is 123 Å². The summed E-state index contributed by atoms with van der Waals surface area (Å²) >= 11 is 0. The number of hydrogen-bond donors (Lipinski definition) is 2. The number of hydrogen-bond acceptors (Lipinski definition) is 3. The first-order valence-electron chi connectivity index (χ1n) is 6.99. The van der Waals surface area contributed by atoms with Crippen LogP contribution < -0.4 is 10.5 Å². The average Bonchev–Trinajstić information content (AvgIpc) is 2.39. The fourth-order valence-corrected chi connectivity index (χ4v) is 4.27. The van der Waals surface area contributed by atoms with E-state index in [1.807, 2.05) is 6.92 Å². The highest BCUT2D eigenvalue weighted by Gasteiger charge is 2.32. The minimum absolute atomic E-state index is 0.126. The first-order valence-corrected chi connectivity index (χ1v) is 8.47. The summed E-state index contributed by atoms with van der Waals surface area (Å²) in [6, 6.07) is 1.43. The van der Waals surface area contributed by atoms with Crippen LogP contribution in [0.1, 0.15) is 33.1 Å². The van der Waals surface area contributed by atoms with Gasteiger partial charge in [0.25, 0.3) is 0 Å². The molecule has 0 aromatic heterocycles. The van der Waals surface area contributed by atoms with E-state index in [4.69, 9.17) is 5.73 Å². The van der Waals surface area contributed by atoms with E-state index in [2.05, 4.69) is 11.6 Å². The van der Waals surface area contributed by atoms with Crippen molar-refractivity contribution < 1.29 is 17.2 Å². The van der Waals surface area contributed by atoms with Crippen molar-refractivity contribution in [1.29, 1.82) is 0 Å². The lowest BCUT2D eigenvalue weighted by atomic mass is 9.78. The predicted molar refractivity (Wildman–Crippen MR) is 77.1 cm³/mol. The largest absolute Gasteiger partial charge is 0.399 e. The third-order valence-corrected chi connectivity index (χ3v) is 5.81. The fraction of sp³-hybridized carbons (Fsp3) is 0.571. The first kappa shape index (κ1) is 16.2. The van der Waals surface area contributed by atoms with Crippen LogP contribution in [0.2, 0.25) is 0 Å². The molecule has 2 rings (SSSR count). The van der Waals surface area contributed by atoms with Crippen molar-refractivity contribution >= 4 is 15.7 Å². The Bertz CT molecular complexity index is 634. The molecular formula is C14H20F2N2O2S. The Morgan fingerprint density at radius 2 is 1.90 bits per heavy atom. The number of rotatable bonds is 3. The van der Waals surface area contributed by atoms with Crippen molar-refractivity contribution in [2.24, 2.45) is 11.8 Å². The Hall–Kier alpha value is -1.21. The van der Waals surface area contributed by atoms with E-state index in [-0.39, 0.29) is 17.6 Å². The van der Waals surface area contributed by atoms with Crippen molar-refractivity contribution in [2.45, 2.75) is 44.0 Å². The topological polar surface area (TPSA) is 72.2 Å². The summed E-state index contributed by atoms with van der Waals surface area (Å²) in [5.74, 6) is -2.13. The van der Waals surface area contributed by atoms with Crippen LogP contribution in [-0.4, -0.2) is 14.5 Å². The van der Waals surface area contributed by atoms with Gasteiger partial charge in [-0.05, 0) is 30.4 Å². The van der Waals surface area contributed by atoms with Crippen molar-refractivity contribution in [3.05, 3.63) is 23.8 Å². The minimum Gasteiger partial charge on any atom is -0.399 e. The number of benzene rings is 1. The van der Waals surface area contributed by atoms with Crippen molar-refractivity contribution in [1.82, 2.24) is 4.72 Å². The number of sulfonamides is 1. The second-order valence-corrected chi connectivity index (χ2v) is 7.49. The van der Waals surface area contributed by atoms with E-state index < -0.39 is 26.6 Å². The van der Waals surface area contributed by atoms with Gasteiger partial charge in [-0.3, -0.25) is 0 Å². The molecule has 1 fully saturated rings. The molecule has 4 nitrogen and oxygen atoms in total. The summed E-state index contributed by atoms with van der Waals surface area (Å²) in [5.41, 5.74) is 5.28. The van der Waals surface area contributed by atoms with Crippen LogP contribution in [0.5, 0.6) is 0 Å². The van der Waals surface area contributed by atoms with Crippen molar-refractivity contribution in [3.63, 3.8) is 0 Å². The lowest BCUT2D eigenvalue weighted by Gasteiger charge is -2.34. The van der Waals surface area contributed by atoms with E-state index in [0.29, 0.717) is 12.3 Å². The highest BCUT2D eigenvalue weighted by molar-refractivity contribution is 7.89. The molecule has 1 aliphatic rings. The van der Waals surface area contributed by atoms with Gasteiger partial charge in [0.05, 0.1) is 0 Å². The molecule has 3 N–H and O–H groups in total. The third kappa shape index (κ3) is 3.35. The van der Waals surface area contributed by atoms with Crippen LogP contribution >= 0.6 is 0 Å². The van der Waals surface area contributed by atoms with Crippen LogP contribution in [0.25, 0.3) is 0 Å². The lowest BCUT2D eigenvalue weighted by Crippen LogP contribution is -2.43. The standard InChI is InChI=1S/C14H20F2N2O2S/c1-8-4-3-5-12(9(8)2)18-21(19,20)13-7-10(17)6-11(15)14(13)16/h6-9,12,18H,3-5,17H2,1-2H3. The first-order chi connectivity index (χ1) is 9.72. The summed E-state index contributed by atoms with van der Waals surface area (Å²) in [6.45, 7) is 4.03. The maximum atomic E-state index is 13.8. The summed E-state index contributed by atoms with van der Waals surface area (Å²) < 4.78 is 54.2. The summed E-state index contributed by atoms with van der Waals surface area (Å²) in [7, 11) is -4.14. The number of nitrogen functional groups attached to an aromatic ring is 1. The average molecular weight is 318 g/mol. The van der Waals surface area contributed by atoms with E-state index in [1.165, 1.54) is 0 Å². The van der Waals surface area contributed by atoms with Crippen LogP contribution in [0, 0.1) is 23.5 Å². The van der Waals surface area contributed by atoms with Gasteiger partial charge in [-0.25, -0.2) is 21.9 Å². The molecule has 3 unspecified atom stereocenters. The molecule has 118 valence electrons. The van der Waals surface area contributed by atoms with E-state index in [1.54, 1.807) is 0 Å². The van der Waals surface area contributed by atoms with Crippen LogP contribution in [-0.2, 0) is 10.0 Å². The molecule has 1 aromatic carbocycles. The molecule has 0 saturated heterocycles. The van der Waals surface area contributed by atoms with Gasteiger partial charge in [-0.1, -0.05) is 26.7 Å². The Kier molecular flexibility index (Phi) is 4.53. The van der Waals surface area contributed by atoms with Crippen LogP contribution in [0.4, 0.5) is 14.5 Å². The monoisotopic (exact) mass is 318 g/mol. The second-order valence-electron chi connectivity index (χ2n) is 5.81. The third-order valence-electron chi connectivity index (χ3n) is 4.32. The van der Waals surface area contributed by atoms with Gasteiger partial charge in [0.2, 0.25) is 10.0 Å². The number of nitrogens with one attached hydrogen (secondary N) is 1. The van der Waals surface area contributed by atoms with Crippen LogP contribution in [0.15, 0.2) is 17.0 Å². The predicted octanol–water partition coefficient (Wildman–Crippen LogP) is 2.65. The minimum atomic E-state index is -4.14. The van der Waals surface area contributed by atoms with Gasteiger partial charge in [0, 0.05) is 11.7 Å². The molecule has 7 heteroatoms. The van der Waals surface area contributed by atoms with Gasteiger partial charge in [-0.2, -0.15) is 0 Å². The van der Waals surface area contributed by atoms with Crippen LogP contribution in [0.3, 0.4) is 0 Å². The fourth-order valence-electron chi connectivity index (χ4n) is 2.79. The molecule has 0 aliphatic heterocycles.